The van der Waals surface area contributed by atoms with E-state index in [2.05, 4.69) is 22.9 Å². The third-order valence-corrected chi connectivity index (χ3v) is 3.29. The van der Waals surface area contributed by atoms with E-state index < -0.39 is 0 Å². The monoisotopic (exact) mass is 233 g/mol. The van der Waals surface area contributed by atoms with Gasteiger partial charge in [0.2, 0.25) is 0 Å². The van der Waals surface area contributed by atoms with Gasteiger partial charge in [-0.1, -0.05) is 0 Å². The molecule has 0 bridgehead atoms. The summed E-state index contributed by atoms with van der Waals surface area (Å²) in [4.78, 5) is 4.68. The average molecular weight is 233 g/mol. The van der Waals surface area contributed by atoms with Gasteiger partial charge < -0.3 is 9.32 Å². The molecule has 4 heteroatoms. The van der Waals surface area contributed by atoms with Gasteiger partial charge in [-0.25, -0.2) is 0 Å². The zero-order valence-electron chi connectivity index (χ0n) is 10.3. The van der Waals surface area contributed by atoms with E-state index >= 15 is 0 Å². The zero-order chi connectivity index (χ0) is 12.1. The Kier molecular flexibility index (Phi) is 4.18. The summed E-state index contributed by atoms with van der Waals surface area (Å²) in [6.07, 6.45) is 3.45. The van der Waals surface area contributed by atoms with Gasteiger partial charge in [-0.05, 0) is 32.1 Å². The second kappa shape index (κ2) is 5.85. The van der Waals surface area contributed by atoms with Gasteiger partial charge in [0.15, 0.2) is 0 Å². The van der Waals surface area contributed by atoms with E-state index in [1.165, 1.54) is 0 Å². The molecule has 2 heterocycles. The summed E-state index contributed by atoms with van der Waals surface area (Å²) in [6.45, 7) is 3.93. The highest BCUT2D eigenvalue weighted by atomic mass is 16.3. The molecule has 0 spiro atoms. The number of hydrogen-bond acceptors (Lipinski definition) is 4. The van der Waals surface area contributed by atoms with E-state index in [4.69, 9.17) is 9.68 Å². The molecule has 1 aromatic rings. The fourth-order valence-corrected chi connectivity index (χ4v) is 2.40. The van der Waals surface area contributed by atoms with Crippen LogP contribution in [0.4, 0.5) is 0 Å². The van der Waals surface area contributed by atoms with Gasteiger partial charge in [0, 0.05) is 19.1 Å². The number of hydrogen-bond donors (Lipinski definition) is 0. The molecule has 17 heavy (non-hydrogen) atoms. The molecule has 1 unspecified atom stereocenters. The summed E-state index contributed by atoms with van der Waals surface area (Å²) in [6, 6.07) is 6.53. The molecular formula is C13H19N3O. The Morgan fingerprint density at radius 1 is 1.53 bits per heavy atom. The van der Waals surface area contributed by atoms with Gasteiger partial charge in [0.05, 0.1) is 25.3 Å². The molecule has 0 saturated carbocycles. The smallest absolute Gasteiger partial charge is 0.117 e. The number of likely N-dealkylation sites (N-methyl/N-ethyl adjacent to an activating group) is 1. The molecule has 0 N–H and O–H groups in total. The normalized spacial score (nSPS) is 23.2. The number of nitrogens with zero attached hydrogens (tertiary/aromatic N) is 3. The van der Waals surface area contributed by atoms with E-state index in [-0.39, 0.29) is 0 Å². The van der Waals surface area contributed by atoms with Crippen LogP contribution in [-0.2, 0) is 6.54 Å². The second-order valence-corrected chi connectivity index (χ2v) is 4.68. The molecule has 1 aliphatic heterocycles. The van der Waals surface area contributed by atoms with Crippen molar-refractivity contribution in [3.05, 3.63) is 24.2 Å². The van der Waals surface area contributed by atoms with E-state index in [9.17, 15) is 0 Å². The molecule has 1 atom stereocenters. The summed E-state index contributed by atoms with van der Waals surface area (Å²) in [5.41, 5.74) is 0. The maximum absolute atomic E-state index is 8.92. The third-order valence-electron chi connectivity index (χ3n) is 3.29. The topological polar surface area (TPSA) is 43.4 Å². The molecule has 0 aromatic carbocycles. The predicted molar refractivity (Wildman–Crippen MR) is 65.3 cm³/mol. The summed E-state index contributed by atoms with van der Waals surface area (Å²) >= 11 is 0. The Bertz CT molecular complexity index is 369. The highest BCUT2D eigenvalue weighted by molar-refractivity contribution is 4.99. The first-order chi connectivity index (χ1) is 8.29. The van der Waals surface area contributed by atoms with E-state index in [0.29, 0.717) is 12.5 Å². The standard InChI is InChI=1S/C13H19N3O/c1-15-7-3-8-16(12(10-15)5-6-14)11-13-4-2-9-17-13/h2,4,9,12H,3,5,7-8,10-11H2,1H3. The van der Waals surface area contributed by atoms with Crippen LogP contribution >= 0.6 is 0 Å². The minimum Gasteiger partial charge on any atom is -0.468 e. The Morgan fingerprint density at radius 3 is 3.12 bits per heavy atom. The first-order valence-corrected chi connectivity index (χ1v) is 6.11. The maximum Gasteiger partial charge on any atom is 0.117 e. The van der Waals surface area contributed by atoms with Crippen molar-refractivity contribution in [1.82, 2.24) is 9.80 Å². The molecular weight excluding hydrogens is 214 g/mol. The van der Waals surface area contributed by atoms with Crippen LogP contribution in [0.2, 0.25) is 0 Å². The average Bonchev–Trinajstić information content (AvgIpc) is 2.74. The minimum atomic E-state index is 0.317. The summed E-state index contributed by atoms with van der Waals surface area (Å²) in [5.74, 6) is 0.984. The Morgan fingerprint density at radius 2 is 2.41 bits per heavy atom. The quantitative estimate of drug-likeness (QED) is 0.797. The van der Waals surface area contributed by atoms with Gasteiger partial charge in [-0.3, -0.25) is 4.90 Å². The van der Waals surface area contributed by atoms with Crippen molar-refractivity contribution in [3.63, 3.8) is 0 Å². The van der Waals surface area contributed by atoms with E-state index in [1.807, 2.05) is 12.1 Å². The third kappa shape index (κ3) is 3.32. The summed E-state index contributed by atoms with van der Waals surface area (Å²) in [7, 11) is 2.13. The predicted octanol–water partition coefficient (Wildman–Crippen LogP) is 1.70. The molecule has 1 saturated heterocycles. The van der Waals surface area contributed by atoms with Crippen molar-refractivity contribution >= 4 is 0 Å². The highest BCUT2D eigenvalue weighted by Crippen LogP contribution is 2.15. The molecule has 2 rings (SSSR count). The molecule has 4 nitrogen and oxygen atoms in total. The molecule has 1 aliphatic rings. The van der Waals surface area contributed by atoms with Crippen molar-refractivity contribution < 1.29 is 4.42 Å². The van der Waals surface area contributed by atoms with Gasteiger partial charge in [0.25, 0.3) is 0 Å². The zero-order valence-corrected chi connectivity index (χ0v) is 10.3. The lowest BCUT2D eigenvalue weighted by molar-refractivity contribution is 0.171. The lowest BCUT2D eigenvalue weighted by Crippen LogP contribution is -2.39. The van der Waals surface area contributed by atoms with Crippen LogP contribution in [0.25, 0.3) is 0 Å². The number of nitriles is 1. The molecule has 0 aliphatic carbocycles. The first-order valence-electron chi connectivity index (χ1n) is 6.11. The largest absolute Gasteiger partial charge is 0.468 e. The lowest BCUT2D eigenvalue weighted by atomic mass is 10.1. The second-order valence-electron chi connectivity index (χ2n) is 4.68. The van der Waals surface area contributed by atoms with E-state index in [0.717, 1.165) is 38.4 Å². The van der Waals surface area contributed by atoms with Crippen LogP contribution in [0.5, 0.6) is 0 Å². The van der Waals surface area contributed by atoms with Gasteiger partial charge >= 0.3 is 0 Å². The Hall–Kier alpha value is -1.31. The van der Waals surface area contributed by atoms with Crippen LogP contribution < -0.4 is 0 Å². The van der Waals surface area contributed by atoms with Gasteiger partial charge in [-0.2, -0.15) is 5.26 Å². The Labute approximate surface area is 102 Å². The van der Waals surface area contributed by atoms with Crippen molar-refractivity contribution in [2.75, 3.05) is 26.7 Å². The minimum absolute atomic E-state index is 0.317. The summed E-state index contributed by atoms with van der Waals surface area (Å²) in [5, 5.41) is 8.92. The van der Waals surface area contributed by atoms with Crippen molar-refractivity contribution in [3.8, 4) is 6.07 Å². The van der Waals surface area contributed by atoms with Crippen LogP contribution in [0.3, 0.4) is 0 Å². The fraction of sp³-hybridized carbons (Fsp3) is 0.615. The van der Waals surface area contributed by atoms with E-state index in [1.54, 1.807) is 6.26 Å². The molecule has 1 aromatic heterocycles. The van der Waals surface area contributed by atoms with Crippen LogP contribution in [0, 0.1) is 11.3 Å². The molecule has 0 radical (unpaired) electrons. The summed E-state index contributed by atoms with van der Waals surface area (Å²) < 4.78 is 5.39. The lowest BCUT2D eigenvalue weighted by Gasteiger charge is -2.28. The molecule has 1 fully saturated rings. The maximum atomic E-state index is 8.92. The highest BCUT2D eigenvalue weighted by Gasteiger charge is 2.23. The Balaban J connectivity index is 2.03. The van der Waals surface area contributed by atoms with Crippen molar-refractivity contribution in [2.24, 2.45) is 0 Å². The molecule has 0 amide bonds. The van der Waals surface area contributed by atoms with Gasteiger partial charge in [-0.15, -0.1) is 0 Å². The number of furan rings is 1. The van der Waals surface area contributed by atoms with Crippen molar-refractivity contribution in [2.45, 2.75) is 25.4 Å². The first kappa shape index (κ1) is 12.2. The van der Waals surface area contributed by atoms with Crippen LogP contribution in [0.1, 0.15) is 18.6 Å². The van der Waals surface area contributed by atoms with Gasteiger partial charge in [0.1, 0.15) is 5.76 Å². The van der Waals surface area contributed by atoms with Crippen molar-refractivity contribution in [1.29, 1.82) is 5.26 Å². The van der Waals surface area contributed by atoms with Crippen LogP contribution in [0.15, 0.2) is 22.8 Å². The number of rotatable bonds is 3. The molecule has 92 valence electrons. The SMILES string of the molecule is CN1CCCN(Cc2ccco2)C(CC#N)C1. The fourth-order valence-electron chi connectivity index (χ4n) is 2.40. The van der Waals surface area contributed by atoms with Crippen LogP contribution in [-0.4, -0.2) is 42.5 Å².